The van der Waals surface area contributed by atoms with Gasteiger partial charge in [-0.05, 0) is 40.7 Å². The van der Waals surface area contributed by atoms with E-state index in [4.69, 9.17) is 9.31 Å². The molecule has 0 bridgehead atoms. The van der Waals surface area contributed by atoms with Gasteiger partial charge in [-0.1, -0.05) is 6.07 Å². The maximum atomic E-state index is 13.3. The molecule has 108 valence electrons. The van der Waals surface area contributed by atoms with Gasteiger partial charge in [-0.2, -0.15) is 4.39 Å². The summed E-state index contributed by atoms with van der Waals surface area (Å²) in [5.74, 6) is -0.692. The van der Waals surface area contributed by atoms with Gasteiger partial charge in [0.15, 0.2) is 0 Å². The first-order valence-corrected chi connectivity index (χ1v) is 6.63. The summed E-state index contributed by atoms with van der Waals surface area (Å²) in [5.41, 5.74) is 0.00952. The highest BCUT2D eigenvalue weighted by atomic mass is 19.1. The fourth-order valence-electron chi connectivity index (χ4n) is 2.05. The van der Waals surface area contributed by atoms with Crippen LogP contribution in [-0.2, 0) is 20.5 Å². The fraction of sp³-hybridized carbons (Fsp3) is 0.571. The molecule has 0 unspecified atom stereocenters. The highest BCUT2D eigenvalue weighted by Gasteiger charge is 2.52. The molecule has 0 amide bonds. The predicted molar refractivity (Wildman–Crippen MR) is 74.3 cm³/mol. The van der Waals surface area contributed by atoms with E-state index in [0.29, 0.717) is 11.2 Å². The normalized spacial score (nSPS) is 20.2. The standard InChI is InChI=1S/C14H19BFNO3/c1-9(18)8-11-10(6-7-12(16)17-11)15-19-13(2,3)14(4,5)20-15/h6-7H,8H2,1-5H3. The molecule has 6 heteroatoms. The first kappa shape index (κ1) is 15.1. The van der Waals surface area contributed by atoms with Crippen LogP contribution in [0.2, 0.25) is 0 Å². The third-order valence-electron chi connectivity index (χ3n) is 3.90. The highest BCUT2D eigenvalue weighted by molar-refractivity contribution is 6.62. The number of aromatic nitrogens is 1. The molecular weight excluding hydrogens is 260 g/mol. The van der Waals surface area contributed by atoms with E-state index in [2.05, 4.69) is 4.98 Å². The van der Waals surface area contributed by atoms with Crippen LogP contribution in [0.4, 0.5) is 4.39 Å². The summed E-state index contributed by atoms with van der Waals surface area (Å²) in [6.07, 6.45) is 0.0666. The summed E-state index contributed by atoms with van der Waals surface area (Å²) in [6.45, 7) is 9.20. The van der Waals surface area contributed by atoms with Crippen molar-refractivity contribution in [3.8, 4) is 0 Å². The monoisotopic (exact) mass is 279 g/mol. The van der Waals surface area contributed by atoms with Gasteiger partial charge in [0.1, 0.15) is 5.78 Å². The SMILES string of the molecule is CC(=O)Cc1nc(F)ccc1B1OC(C)(C)C(C)(C)O1. The van der Waals surface area contributed by atoms with Crippen molar-refractivity contribution >= 4 is 18.4 Å². The van der Waals surface area contributed by atoms with Crippen LogP contribution < -0.4 is 5.46 Å². The molecule has 1 aromatic rings. The molecular formula is C14H19BFNO3. The quantitative estimate of drug-likeness (QED) is 0.623. The van der Waals surface area contributed by atoms with Crippen LogP contribution in [0, 0.1) is 5.95 Å². The number of hydrogen-bond acceptors (Lipinski definition) is 4. The van der Waals surface area contributed by atoms with Gasteiger partial charge in [0.2, 0.25) is 5.95 Å². The Morgan fingerprint density at radius 2 is 1.80 bits per heavy atom. The lowest BCUT2D eigenvalue weighted by Gasteiger charge is -2.32. The molecule has 1 aliphatic rings. The second-order valence-corrected chi connectivity index (χ2v) is 6.14. The molecule has 1 aliphatic heterocycles. The lowest BCUT2D eigenvalue weighted by Crippen LogP contribution is -2.41. The van der Waals surface area contributed by atoms with E-state index < -0.39 is 24.3 Å². The Morgan fingerprint density at radius 1 is 1.25 bits per heavy atom. The summed E-state index contributed by atoms with van der Waals surface area (Å²) >= 11 is 0. The zero-order valence-electron chi connectivity index (χ0n) is 12.5. The fourth-order valence-corrected chi connectivity index (χ4v) is 2.05. The van der Waals surface area contributed by atoms with E-state index in [-0.39, 0.29) is 12.2 Å². The molecule has 0 aliphatic carbocycles. The largest absolute Gasteiger partial charge is 0.496 e. The minimum Gasteiger partial charge on any atom is -0.399 e. The number of carbonyl (C=O) groups excluding carboxylic acids is 1. The molecule has 1 saturated heterocycles. The van der Waals surface area contributed by atoms with Gasteiger partial charge in [0, 0.05) is 11.9 Å². The summed E-state index contributed by atoms with van der Waals surface area (Å²) < 4.78 is 25.1. The number of rotatable bonds is 3. The minimum atomic E-state index is -0.637. The zero-order chi connectivity index (χ0) is 15.1. The van der Waals surface area contributed by atoms with E-state index >= 15 is 0 Å². The van der Waals surface area contributed by atoms with Crippen LogP contribution in [-0.4, -0.2) is 29.1 Å². The number of carbonyl (C=O) groups is 1. The number of nitrogens with zero attached hydrogens (tertiary/aromatic N) is 1. The number of ketones is 1. The van der Waals surface area contributed by atoms with Crippen LogP contribution in [0.1, 0.15) is 40.3 Å². The Labute approximate surface area is 118 Å². The van der Waals surface area contributed by atoms with E-state index in [0.717, 1.165) is 0 Å². The predicted octanol–water partition coefficient (Wildman–Crippen LogP) is 1.65. The molecule has 1 fully saturated rings. The molecule has 0 saturated carbocycles. The Morgan fingerprint density at radius 3 is 2.30 bits per heavy atom. The van der Waals surface area contributed by atoms with Crippen LogP contribution in [0.5, 0.6) is 0 Å². The van der Waals surface area contributed by atoms with Gasteiger partial charge >= 0.3 is 7.12 Å². The van der Waals surface area contributed by atoms with Crippen molar-refractivity contribution in [2.45, 2.75) is 52.2 Å². The molecule has 4 nitrogen and oxygen atoms in total. The maximum Gasteiger partial charge on any atom is 0.496 e. The number of Topliss-reactive ketones (excluding diaryl/α,β-unsaturated/α-hetero) is 1. The van der Waals surface area contributed by atoms with Crippen molar-refractivity contribution < 1.29 is 18.5 Å². The summed E-state index contributed by atoms with van der Waals surface area (Å²) in [6, 6.07) is 2.83. The van der Waals surface area contributed by atoms with Crippen molar-refractivity contribution in [2.24, 2.45) is 0 Å². The molecule has 0 aromatic carbocycles. The molecule has 20 heavy (non-hydrogen) atoms. The number of pyridine rings is 1. The minimum absolute atomic E-state index is 0.0666. The van der Waals surface area contributed by atoms with Gasteiger partial charge in [-0.15, -0.1) is 0 Å². The molecule has 2 rings (SSSR count). The second-order valence-electron chi connectivity index (χ2n) is 6.14. The van der Waals surface area contributed by atoms with Crippen molar-refractivity contribution in [2.75, 3.05) is 0 Å². The van der Waals surface area contributed by atoms with E-state index in [1.165, 1.54) is 13.0 Å². The lowest BCUT2D eigenvalue weighted by molar-refractivity contribution is -0.116. The highest BCUT2D eigenvalue weighted by Crippen LogP contribution is 2.36. The van der Waals surface area contributed by atoms with Crippen LogP contribution >= 0.6 is 0 Å². The molecule has 0 N–H and O–H groups in total. The van der Waals surface area contributed by atoms with Crippen molar-refractivity contribution in [3.05, 3.63) is 23.8 Å². The molecule has 0 spiro atoms. The Balaban J connectivity index is 2.37. The van der Waals surface area contributed by atoms with Crippen molar-refractivity contribution in [1.82, 2.24) is 4.98 Å². The van der Waals surface area contributed by atoms with E-state index in [9.17, 15) is 9.18 Å². The third-order valence-corrected chi connectivity index (χ3v) is 3.90. The van der Waals surface area contributed by atoms with Gasteiger partial charge in [-0.25, -0.2) is 4.98 Å². The zero-order valence-corrected chi connectivity index (χ0v) is 12.5. The van der Waals surface area contributed by atoms with Gasteiger partial charge in [0.25, 0.3) is 0 Å². The average molecular weight is 279 g/mol. The summed E-state index contributed by atoms with van der Waals surface area (Å²) in [4.78, 5) is 15.1. The summed E-state index contributed by atoms with van der Waals surface area (Å²) in [5, 5.41) is 0. The van der Waals surface area contributed by atoms with Gasteiger partial charge < -0.3 is 9.31 Å². The van der Waals surface area contributed by atoms with E-state index in [1.54, 1.807) is 6.07 Å². The average Bonchev–Trinajstić information content (AvgIpc) is 2.46. The Kier molecular flexibility index (Phi) is 3.73. The van der Waals surface area contributed by atoms with Gasteiger partial charge in [-0.3, -0.25) is 4.79 Å². The molecule has 0 atom stereocenters. The lowest BCUT2D eigenvalue weighted by atomic mass is 9.77. The third kappa shape index (κ3) is 2.76. The number of halogens is 1. The molecule has 0 radical (unpaired) electrons. The second kappa shape index (κ2) is 4.93. The van der Waals surface area contributed by atoms with Crippen LogP contribution in [0.3, 0.4) is 0 Å². The van der Waals surface area contributed by atoms with Crippen LogP contribution in [0.25, 0.3) is 0 Å². The van der Waals surface area contributed by atoms with Crippen molar-refractivity contribution in [1.29, 1.82) is 0 Å². The first-order valence-electron chi connectivity index (χ1n) is 6.63. The molecule has 1 aromatic heterocycles. The van der Waals surface area contributed by atoms with E-state index in [1.807, 2.05) is 27.7 Å². The number of hydrogen-bond donors (Lipinski definition) is 0. The summed E-state index contributed by atoms with van der Waals surface area (Å²) in [7, 11) is -0.637. The first-order chi connectivity index (χ1) is 9.12. The van der Waals surface area contributed by atoms with Crippen LogP contribution in [0.15, 0.2) is 12.1 Å². The maximum absolute atomic E-state index is 13.3. The van der Waals surface area contributed by atoms with Gasteiger partial charge in [0.05, 0.1) is 16.9 Å². The topological polar surface area (TPSA) is 48.4 Å². The van der Waals surface area contributed by atoms with Crippen molar-refractivity contribution in [3.63, 3.8) is 0 Å². The Hall–Kier alpha value is -1.27. The smallest absolute Gasteiger partial charge is 0.399 e. The Bertz CT molecular complexity index is 529. The molecule has 2 heterocycles.